The first-order valence-corrected chi connectivity index (χ1v) is 6.24. The average Bonchev–Trinajstić information content (AvgIpc) is 2.19. The van der Waals surface area contributed by atoms with Crippen LogP contribution in [-0.4, -0.2) is 33.4 Å². The molecule has 2 N–H and O–H groups in total. The van der Waals surface area contributed by atoms with Gasteiger partial charge in [0.1, 0.15) is 0 Å². The Hall–Kier alpha value is -0.495. The van der Waals surface area contributed by atoms with Crippen molar-refractivity contribution in [2.75, 3.05) is 0 Å². The zero-order valence-electron chi connectivity index (χ0n) is 10.7. The van der Waals surface area contributed by atoms with E-state index in [1.807, 2.05) is 0 Å². The minimum atomic E-state index is -1.36. The third kappa shape index (κ3) is 3.29. The molecule has 0 unspecified atom stereocenters. The van der Waals surface area contributed by atoms with E-state index in [0.29, 0.717) is 0 Å². The fraction of sp³-hybridized carbons (Fsp3) is 0.545. The molecule has 0 aliphatic rings. The van der Waals surface area contributed by atoms with Gasteiger partial charge in [-0.3, -0.25) is 0 Å². The summed E-state index contributed by atoms with van der Waals surface area (Å²) in [6, 6.07) is 1.44. The van der Waals surface area contributed by atoms with Crippen molar-refractivity contribution in [1.29, 1.82) is 0 Å². The maximum Gasteiger partial charge on any atom is 0.493 e. The molecule has 0 spiro atoms. The molecule has 18 heavy (non-hydrogen) atoms. The molecule has 7 heteroatoms. The Morgan fingerprint density at radius 2 is 1.94 bits per heavy atom. The quantitative estimate of drug-likeness (QED) is 0.647. The molecule has 1 heterocycles. The first-order valence-electron chi connectivity index (χ1n) is 5.44. The molecule has 0 fully saturated rings. The summed E-state index contributed by atoms with van der Waals surface area (Å²) < 4.78 is 18.7. The van der Waals surface area contributed by atoms with Crippen LogP contribution in [0.25, 0.3) is 0 Å². The van der Waals surface area contributed by atoms with E-state index in [2.05, 4.69) is 20.9 Å². The lowest BCUT2D eigenvalue weighted by atomic mass is 9.77. The molecule has 1 aromatic rings. The molecule has 0 aliphatic carbocycles. The topological polar surface area (TPSA) is 62.6 Å². The van der Waals surface area contributed by atoms with Crippen molar-refractivity contribution in [3.63, 3.8) is 0 Å². The van der Waals surface area contributed by atoms with E-state index in [1.54, 1.807) is 27.7 Å². The second-order valence-electron chi connectivity index (χ2n) is 5.04. The molecule has 4 nitrogen and oxygen atoms in total. The highest BCUT2D eigenvalue weighted by molar-refractivity contribution is 9.10. The van der Waals surface area contributed by atoms with Crippen molar-refractivity contribution in [2.24, 2.45) is 0 Å². The lowest BCUT2D eigenvalue weighted by molar-refractivity contribution is -0.0982. The van der Waals surface area contributed by atoms with Gasteiger partial charge < -0.3 is 14.8 Å². The SMILES string of the molecule is CC(C)(O)C(C)(C)OB(O)c1ccnc(F)c1Br. The molecule has 0 radical (unpaired) electrons. The van der Waals surface area contributed by atoms with Crippen LogP contribution in [0, 0.1) is 5.95 Å². The summed E-state index contributed by atoms with van der Waals surface area (Å²) in [5, 5.41) is 19.9. The van der Waals surface area contributed by atoms with Crippen LogP contribution in [0.1, 0.15) is 27.7 Å². The van der Waals surface area contributed by atoms with Gasteiger partial charge in [-0.05, 0) is 49.7 Å². The van der Waals surface area contributed by atoms with Crippen molar-refractivity contribution in [3.8, 4) is 0 Å². The Bertz CT molecular complexity index is 437. The summed E-state index contributed by atoms with van der Waals surface area (Å²) in [4.78, 5) is 3.44. The summed E-state index contributed by atoms with van der Waals surface area (Å²) >= 11 is 3.00. The van der Waals surface area contributed by atoms with Crippen molar-refractivity contribution < 1.29 is 19.2 Å². The third-order valence-corrected chi connectivity index (χ3v) is 3.81. The van der Waals surface area contributed by atoms with Gasteiger partial charge in [-0.1, -0.05) is 0 Å². The third-order valence-electron chi connectivity index (χ3n) is 3.02. The number of rotatable bonds is 4. The van der Waals surface area contributed by atoms with Gasteiger partial charge in [0.2, 0.25) is 5.95 Å². The summed E-state index contributed by atoms with van der Waals surface area (Å²) in [7, 11) is -1.36. The number of hydrogen-bond donors (Lipinski definition) is 2. The number of halogens is 2. The molecule has 1 aromatic heterocycles. The van der Waals surface area contributed by atoms with Gasteiger partial charge in [-0.2, -0.15) is 4.39 Å². The smallest absolute Gasteiger partial charge is 0.423 e. The Kier molecular flexibility index (Phi) is 4.53. The predicted molar refractivity (Wildman–Crippen MR) is 71.0 cm³/mol. The van der Waals surface area contributed by atoms with E-state index in [-0.39, 0.29) is 9.94 Å². The maximum absolute atomic E-state index is 13.2. The summed E-state index contributed by atoms with van der Waals surface area (Å²) in [5.41, 5.74) is -1.95. The lowest BCUT2D eigenvalue weighted by Gasteiger charge is -2.38. The molecule has 100 valence electrons. The van der Waals surface area contributed by atoms with Crippen molar-refractivity contribution in [3.05, 3.63) is 22.7 Å². The largest absolute Gasteiger partial charge is 0.493 e. The number of pyridine rings is 1. The molecule has 0 atom stereocenters. The monoisotopic (exact) mass is 319 g/mol. The van der Waals surface area contributed by atoms with Crippen LogP contribution in [0.5, 0.6) is 0 Å². The van der Waals surface area contributed by atoms with Gasteiger partial charge in [0.05, 0.1) is 15.7 Å². The second-order valence-corrected chi connectivity index (χ2v) is 5.84. The molecule has 0 saturated heterocycles. The molecule has 0 saturated carbocycles. The number of aromatic nitrogens is 1. The standard InChI is InChI=1S/C11H16BBrFNO3/c1-10(2,16)11(3,4)18-12(17)7-5-6-15-9(14)8(7)13/h5-6,16-17H,1-4H3. The van der Waals surface area contributed by atoms with E-state index in [4.69, 9.17) is 4.65 Å². The average molecular weight is 320 g/mol. The van der Waals surface area contributed by atoms with Gasteiger partial charge in [-0.25, -0.2) is 4.98 Å². The van der Waals surface area contributed by atoms with Crippen LogP contribution in [0.15, 0.2) is 16.7 Å². The fourth-order valence-electron chi connectivity index (χ4n) is 1.11. The molecule has 0 aliphatic heterocycles. The molecule has 0 bridgehead atoms. The Balaban J connectivity index is 2.96. The van der Waals surface area contributed by atoms with E-state index < -0.39 is 24.3 Å². The second kappa shape index (κ2) is 5.24. The van der Waals surface area contributed by atoms with Crippen molar-refractivity contribution >= 4 is 28.5 Å². The van der Waals surface area contributed by atoms with Crippen LogP contribution >= 0.6 is 15.9 Å². The van der Waals surface area contributed by atoms with Gasteiger partial charge in [0.25, 0.3) is 0 Å². The Morgan fingerprint density at radius 1 is 1.39 bits per heavy atom. The van der Waals surface area contributed by atoms with Crippen LogP contribution in [0.4, 0.5) is 4.39 Å². The van der Waals surface area contributed by atoms with Gasteiger partial charge in [-0.15, -0.1) is 0 Å². The van der Waals surface area contributed by atoms with Gasteiger partial charge >= 0.3 is 7.12 Å². The molecule has 0 amide bonds. The summed E-state index contributed by atoms with van der Waals surface area (Å²) in [6.45, 7) is 6.42. The molecule has 0 aromatic carbocycles. The molecular formula is C11H16BBrFNO3. The summed E-state index contributed by atoms with van der Waals surface area (Å²) in [5.74, 6) is -0.726. The van der Waals surface area contributed by atoms with E-state index in [0.717, 1.165) is 0 Å². The summed E-state index contributed by atoms with van der Waals surface area (Å²) in [6.07, 6.45) is 1.24. The lowest BCUT2D eigenvalue weighted by Crippen LogP contribution is -2.53. The Labute approximate surface area is 114 Å². The van der Waals surface area contributed by atoms with Crippen LogP contribution in [-0.2, 0) is 4.65 Å². The minimum Gasteiger partial charge on any atom is -0.423 e. The normalized spacial score (nSPS) is 12.7. The first kappa shape index (κ1) is 15.6. The maximum atomic E-state index is 13.2. The van der Waals surface area contributed by atoms with Gasteiger partial charge in [0.15, 0.2) is 0 Å². The molecular weight excluding hydrogens is 304 g/mol. The van der Waals surface area contributed by atoms with E-state index >= 15 is 0 Å². The highest BCUT2D eigenvalue weighted by Gasteiger charge is 2.40. The number of nitrogens with zero attached hydrogens (tertiary/aromatic N) is 1. The minimum absolute atomic E-state index is 0.0454. The zero-order valence-corrected chi connectivity index (χ0v) is 12.3. The zero-order chi connectivity index (χ0) is 14.1. The van der Waals surface area contributed by atoms with Crippen molar-refractivity contribution in [2.45, 2.75) is 38.9 Å². The first-order chi connectivity index (χ1) is 8.06. The van der Waals surface area contributed by atoms with Crippen LogP contribution in [0.2, 0.25) is 0 Å². The fourth-order valence-corrected chi connectivity index (χ4v) is 1.54. The highest BCUT2D eigenvalue weighted by Crippen LogP contribution is 2.25. The number of hydrogen-bond acceptors (Lipinski definition) is 4. The van der Waals surface area contributed by atoms with Gasteiger partial charge in [0, 0.05) is 11.7 Å². The highest BCUT2D eigenvalue weighted by atomic mass is 79.9. The van der Waals surface area contributed by atoms with E-state index in [1.165, 1.54) is 12.3 Å². The van der Waals surface area contributed by atoms with E-state index in [9.17, 15) is 14.5 Å². The Morgan fingerprint density at radius 3 is 2.44 bits per heavy atom. The number of aliphatic hydroxyl groups is 1. The van der Waals surface area contributed by atoms with Crippen molar-refractivity contribution in [1.82, 2.24) is 4.98 Å². The van der Waals surface area contributed by atoms with Crippen LogP contribution in [0.3, 0.4) is 0 Å². The van der Waals surface area contributed by atoms with Crippen LogP contribution < -0.4 is 5.46 Å². The molecule has 1 rings (SSSR count). The predicted octanol–water partition coefficient (Wildman–Crippen LogP) is 1.24.